The van der Waals surface area contributed by atoms with Crippen LogP contribution in [0.15, 0.2) is 42.6 Å². The summed E-state index contributed by atoms with van der Waals surface area (Å²) in [5, 5.41) is 5.68. The number of hydrogen-bond donors (Lipinski definition) is 2. The summed E-state index contributed by atoms with van der Waals surface area (Å²) in [7, 11) is 1.61. The molecule has 1 fully saturated rings. The molecule has 0 saturated carbocycles. The number of morpholine rings is 1. The Morgan fingerprint density at radius 1 is 1.24 bits per heavy atom. The first-order valence-electron chi connectivity index (χ1n) is 8.22. The molecule has 1 aliphatic heterocycles. The molecule has 25 heavy (non-hydrogen) atoms. The van der Waals surface area contributed by atoms with Gasteiger partial charge in [0.2, 0.25) is 0 Å². The number of pyridine rings is 1. The molecule has 0 atom stereocenters. The van der Waals surface area contributed by atoms with Crippen molar-refractivity contribution in [2.75, 3.05) is 43.6 Å². The number of ether oxygens (including phenoxy) is 2. The van der Waals surface area contributed by atoms with Crippen LogP contribution >= 0.6 is 0 Å². The number of carbonyl (C=O) groups is 1. The van der Waals surface area contributed by atoms with Crippen LogP contribution in [0.25, 0.3) is 0 Å². The fraction of sp³-hybridized carbons (Fsp3) is 0.333. The molecular formula is C18H22N4O3. The second kappa shape index (κ2) is 8.34. The van der Waals surface area contributed by atoms with Crippen molar-refractivity contribution in [2.24, 2.45) is 0 Å². The van der Waals surface area contributed by atoms with Gasteiger partial charge in [-0.1, -0.05) is 6.07 Å². The summed E-state index contributed by atoms with van der Waals surface area (Å²) in [6, 6.07) is 10.8. The number of nitrogens with one attached hydrogen (secondary N) is 2. The van der Waals surface area contributed by atoms with E-state index in [1.165, 1.54) is 0 Å². The summed E-state index contributed by atoms with van der Waals surface area (Å²) in [4.78, 5) is 18.8. The van der Waals surface area contributed by atoms with E-state index in [9.17, 15) is 4.79 Å². The molecule has 2 aromatic rings. The molecule has 132 valence electrons. The molecule has 2 N–H and O–H groups in total. The highest BCUT2D eigenvalue weighted by Gasteiger charge is 2.16. The minimum Gasteiger partial charge on any atom is -0.497 e. The van der Waals surface area contributed by atoms with Gasteiger partial charge in [-0.15, -0.1) is 0 Å². The van der Waals surface area contributed by atoms with Gasteiger partial charge < -0.3 is 25.0 Å². The number of benzene rings is 1. The highest BCUT2D eigenvalue weighted by molar-refractivity contribution is 5.89. The molecule has 0 unspecified atom stereocenters. The fourth-order valence-corrected chi connectivity index (χ4v) is 2.65. The molecule has 0 radical (unpaired) electrons. The van der Waals surface area contributed by atoms with E-state index >= 15 is 0 Å². The summed E-state index contributed by atoms with van der Waals surface area (Å²) in [6.07, 6.45) is 1.77. The first-order valence-corrected chi connectivity index (χ1v) is 8.22. The lowest BCUT2D eigenvalue weighted by molar-refractivity contribution is 0.122. The van der Waals surface area contributed by atoms with Crippen LogP contribution in [0.4, 0.5) is 16.3 Å². The van der Waals surface area contributed by atoms with Crippen LogP contribution < -0.4 is 20.3 Å². The summed E-state index contributed by atoms with van der Waals surface area (Å²) < 4.78 is 10.5. The summed E-state index contributed by atoms with van der Waals surface area (Å²) in [5.74, 6) is 1.65. The molecular weight excluding hydrogens is 320 g/mol. The number of urea groups is 1. The minimum absolute atomic E-state index is 0.262. The van der Waals surface area contributed by atoms with E-state index in [1.54, 1.807) is 37.6 Å². The van der Waals surface area contributed by atoms with E-state index in [1.807, 2.05) is 12.1 Å². The van der Waals surface area contributed by atoms with E-state index in [-0.39, 0.29) is 6.03 Å². The molecule has 3 rings (SSSR count). The first-order chi connectivity index (χ1) is 12.3. The van der Waals surface area contributed by atoms with Gasteiger partial charge in [-0.2, -0.15) is 0 Å². The zero-order valence-electron chi connectivity index (χ0n) is 14.2. The predicted molar refractivity (Wildman–Crippen MR) is 96.1 cm³/mol. The largest absolute Gasteiger partial charge is 0.497 e. The van der Waals surface area contributed by atoms with Crippen LogP contribution in [-0.4, -0.2) is 44.4 Å². The normalized spacial score (nSPS) is 14.0. The molecule has 7 heteroatoms. The number of carbonyl (C=O) groups excluding carboxylic acids is 1. The number of aromatic nitrogens is 1. The van der Waals surface area contributed by atoms with Crippen molar-refractivity contribution in [1.29, 1.82) is 0 Å². The maximum atomic E-state index is 12.1. The summed E-state index contributed by atoms with van der Waals surface area (Å²) >= 11 is 0. The Balaban J connectivity index is 1.58. The van der Waals surface area contributed by atoms with Gasteiger partial charge >= 0.3 is 6.03 Å². The van der Waals surface area contributed by atoms with E-state index in [4.69, 9.17) is 9.47 Å². The fourth-order valence-electron chi connectivity index (χ4n) is 2.65. The molecule has 0 bridgehead atoms. The summed E-state index contributed by atoms with van der Waals surface area (Å²) in [5.41, 5.74) is 1.69. The number of rotatable bonds is 5. The van der Waals surface area contributed by atoms with Crippen LogP contribution in [0.2, 0.25) is 0 Å². The highest BCUT2D eigenvalue weighted by atomic mass is 16.5. The molecule has 1 saturated heterocycles. The van der Waals surface area contributed by atoms with E-state index in [2.05, 4.69) is 20.5 Å². The number of methoxy groups -OCH3 is 1. The SMILES string of the molecule is COc1ccc(NC(=O)NCc2cccnc2N2CCOCC2)cc1. The van der Waals surface area contributed by atoms with Crippen molar-refractivity contribution in [2.45, 2.75) is 6.54 Å². The average molecular weight is 342 g/mol. The zero-order chi connectivity index (χ0) is 17.5. The maximum absolute atomic E-state index is 12.1. The smallest absolute Gasteiger partial charge is 0.319 e. The molecule has 1 aliphatic rings. The second-order valence-electron chi connectivity index (χ2n) is 5.62. The van der Waals surface area contributed by atoms with Gasteiger partial charge in [0.25, 0.3) is 0 Å². The monoisotopic (exact) mass is 342 g/mol. The minimum atomic E-state index is -0.262. The number of anilines is 2. The quantitative estimate of drug-likeness (QED) is 0.872. The number of nitrogens with zero attached hydrogens (tertiary/aromatic N) is 2. The van der Waals surface area contributed by atoms with E-state index in [0.29, 0.717) is 25.4 Å². The van der Waals surface area contributed by atoms with Crippen LogP contribution in [-0.2, 0) is 11.3 Å². The van der Waals surface area contributed by atoms with Gasteiger partial charge in [0.05, 0.1) is 20.3 Å². The lowest BCUT2D eigenvalue weighted by Gasteiger charge is -2.29. The molecule has 1 aromatic heterocycles. The number of amides is 2. The van der Waals surface area contributed by atoms with Gasteiger partial charge in [0.15, 0.2) is 0 Å². The topological polar surface area (TPSA) is 75.7 Å². The molecule has 2 amide bonds. The van der Waals surface area contributed by atoms with Crippen molar-refractivity contribution in [3.8, 4) is 5.75 Å². The third kappa shape index (κ3) is 4.60. The van der Waals surface area contributed by atoms with Crippen LogP contribution in [0.1, 0.15) is 5.56 Å². The molecule has 0 spiro atoms. The van der Waals surface area contributed by atoms with Gasteiger partial charge in [0, 0.05) is 37.1 Å². The van der Waals surface area contributed by atoms with Crippen molar-refractivity contribution in [1.82, 2.24) is 10.3 Å². The van der Waals surface area contributed by atoms with Gasteiger partial charge in [0.1, 0.15) is 11.6 Å². The second-order valence-corrected chi connectivity index (χ2v) is 5.62. The van der Waals surface area contributed by atoms with Crippen LogP contribution in [0, 0.1) is 0 Å². The number of hydrogen-bond acceptors (Lipinski definition) is 5. The zero-order valence-corrected chi connectivity index (χ0v) is 14.2. The van der Waals surface area contributed by atoms with Crippen molar-refractivity contribution in [3.05, 3.63) is 48.2 Å². The standard InChI is InChI=1S/C18H22N4O3/c1-24-16-6-4-15(5-7-16)21-18(23)20-13-14-3-2-8-19-17(14)22-9-11-25-12-10-22/h2-8H,9-13H2,1H3,(H2,20,21,23). The van der Waals surface area contributed by atoms with Crippen molar-refractivity contribution >= 4 is 17.5 Å². The lowest BCUT2D eigenvalue weighted by atomic mass is 10.2. The average Bonchev–Trinajstić information content (AvgIpc) is 2.68. The Labute approximate surface area is 147 Å². The Morgan fingerprint density at radius 2 is 2.00 bits per heavy atom. The van der Waals surface area contributed by atoms with Crippen molar-refractivity contribution in [3.63, 3.8) is 0 Å². The van der Waals surface area contributed by atoms with Crippen LogP contribution in [0.5, 0.6) is 5.75 Å². The maximum Gasteiger partial charge on any atom is 0.319 e. The Hall–Kier alpha value is -2.80. The van der Waals surface area contributed by atoms with Gasteiger partial charge in [-0.05, 0) is 30.3 Å². The Kier molecular flexibility index (Phi) is 5.69. The third-order valence-electron chi connectivity index (χ3n) is 3.97. The molecule has 1 aromatic carbocycles. The first kappa shape index (κ1) is 17.0. The highest BCUT2D eigenvalue weighted by Crippen LogP contribution is 2.18. The van der Waals surface area contributed by atoms with E-state index in [0.717, 1.165) is 30.2 Å². The summed E-state index contributed by atoms with van der Waals surface area (Å²) in [6.45, 7) is 3.41. The lowest BCUT2D eigenvalue weighted by Crippen LogP contribution is -2.38. The molecule has 0 aliphatic carbocycles. The predicted octanol–water partition coefficient (Wildman–Crippen LogP) is 2.25. The van der Waals surface area contributed by atoms with Gasteiger partial charge in [-0.25, -0.2) is 9.78 Å². The molecule has 7 nitrogen and oxygen atoms in total. The van der Waals surface area contributed by atoms with Crippen LogP contribution in [0.3, 0.4) is 0 Å². The molecule has 2 heterocycles. The Morgan fingerprint density at radius 3 is 2.72 bits per heavy atom. The van der Waals surface area contributed by atoms with Crippen molar-refractivity contribution < 1.29 is 14.3 Å². The Bertz CT molecular complexity index is 700. The third-order valence-corrected chi connectivity index (χ3v) is 3.97. The van der Waals surface area contributed by atoms with E-state index < -0.39 is 0 Å². The van der Waals surface area contributed by atoms with Gasteiger partial charge in [-0.3, -0.25) is 0 Å².